The lowest BCUT2D eigenvalue weighted by atomic mass is 9.73. The zero-order chi connectivity index (χ0) is 19.7. The molecule has 0 N–H and O–H groups in total. The Balaban J connectivity index is 1.48. The number of aromatic nitrogens is 3. The first-order valence-electron chi connectivity index (χ1n) is 9.92. The average molecular weight is 381 g/mol. The van der Waals surface area contributed by atoms with Crippen molar-refractivity contribution in [2.24, 2.45) is 12.5 Å². The quantitative estimate of drug-likeness (QED) is 0.817. The summed E-state index contributed by atoms with van der Waals surface area (Å²) in [7, 11) is 1.90. The SMILES string of the molecule is Cc1cnc(CN2C[C@]3(CCCN(C(=O)c4cccn4C)C3)CCC2=O)cn1. The molecule has 0 bridgehead atoms. The van der Waals surface area contributed by atoms with Crippen LogP contribution in [0.2, 0.25) is 0 Å². The standard InChI is InChI=1S/C21H27N5O2/c1-16-11-23-17(12-22-16)13-26-15-21(8-6-19(26)27)7-4-10-25(14-21)20(28)18-5-3-9-24(18)2/h3,5,9,11-12H,4,6-8,10,13-15H2,1-2H3/t21-/m1/s1. The van der Waals surface area contributed by atoms with Gasteiger partial charge >= 0.3 is 0 Å². The number of hydrogen-bond acceptors (Lipinski definition) is 4. The van der Waals surface area contributed by atoms with E-state index in [1.54, 1.807) is 12.4 Å². The maximum Gasteiger partial charge on any atom is 0.270 e. The van der Waals surface area contributed by atoms with Crippen LogP contribution in [0.4, 0.5) is 0 Å². The molecule has 2 aromatic heterocycles. The van der Waals surface area contributed by atoms with E-state index in [2.05, 4.69) is 9.97 Å². The molecule has 0 aromatic carbocycles. The molecular weight excluding hydrogens is 354 g/mol. The van der Waals surface area contributed by atoms with Crippen molar-refractivity contribution in [2.75, 3.05) is 19.6 Å². The summed E-state index contributed by atoms with van der Waals surface area (Å²) in [6.07, 6.45) is 8.78. The molecule has 7 heteroatoms. The Kier molecular flexibility index (Phi) is 4.91. The molecule has 2 amide bonds. The molecular formula is C21H27N5O2. The highest BCUT2D eigenvalue weighted by Gasteiger charge is 2.43. The van der Waals surface area contributed by atoms with E-state index >= 15 is 0 Å². The number of rotatable bonds is 3. The molecule has 1 spiro atoms. The second kappa shape index (κ2) is 7.37. The van der Waals surface area contributed by atoms with Gasteiger partial charge < -0.3 is 14.4 Å². The van der Waals surface area contributed by atoms with E-state index in [1.165, 1.54) is 0 Å². The van der Waals surface area contributed by atoms with Crippen molar-refractivity contribution in [2.45, 2.75) is 39.2 Å². The molecule has 7 nitrogen and oxygen atoms in total. The summed E-state index contributed by atoms with van der Waals surface area (Å²) in [6.45, 7) is 4.56. The van der Waals surface area contributed by atoms with Crippen molar-refractivity contribution in [1.82, 2.24) is 24.3 Å². The fourth-order valence-corrected chi connectivity index (χ4v) is 4.50. The van der Waals surface area contributed by atoms with Gasteiger partial charge in [-0.05, 0) is 38.3 Å². The fourth-order valence-electron chi connectivity index (χ4n) is 4.50. The van der Waals surface area contributed by atoms with Gasteiger partial charge in [-0.3, -0.25) is 19.6 Å². The van der Waals surface area contributed by atoms with Gasteiger partial charge in [0.05, 0.1) is 24.1 Å². The fraction of sp³-hybridized carbons (Fsp3) is 0.524. The Bertz CT molecular complexity index is 875. The number of hydrogen-bond donors (Lipinski definition) is 0. The van der Waals surface area contributed by atoms with Gasteiger partial charge in [0.1, 0.15) is 5.69 Å². The molecule has 2 aromatic rings. The van der Waals surface area contributed by atoms with Crippen LogP contribution in [-0.4, -0.2) is 55.8 Å². The van der Waals surface area contributed by atoms with Gasteiger partial charge in [-0.1, -0.05) is 0 Å². The molecule has 4 heterocycles. The van der Waals surface area contributed by atoms with Crippen LogP contribution in [0.5, 0.6) is 0 Å². The summed E-state index contributed by atoms with van der Waals surface area (Å²) >= 11 is 0. The molecule has 4 rings (SSSR count). The number of piperidine rings is 2. The molecule has 148 valence electrons. The van der Waals surface area contributed by atoms with Gasteiger partial charge in [0, 0.05) is 50.9 Å². The third kappa shape index (κ3) is 3.66. The van der Waals surface area contributed by atoms with E-state index in [-0.39, 0.29) is 17.2 Å². The molecule has 2 fully saturated rings. The lowest BCUT2D eigenvalue weighted by Gasteiger charge is -2.48. The van der Waals surface area contributed by atoms with Crippen molar-refractivity contribution >= 4 is 11.8 Å². The van der Waals surface area contributed by atoms with Crippen molar-refractivity contribution < 1.29 is 9.59 Å². The van der Waals surface area contributed by atoms with E-state index in [0.717, 1.165) is 42.9 Å². The second-order valence-electron chi connectivity index (χ2n) is 8.23. The Morgan fingerprint density at radius 1 is 1.21 bits per heavy atom. The number of amides is 2. The maximum atomic E-state index is 13.0. The Hall–Kier alpha value is -2.70. The molecule has 0 radical (unpaired) electrons. The molecule has 0 aliphatic carbocycles. The minimum atomic E-state index is -0.0227. The number of likely N-dealkylation sites (tertiary alicyclic amines) is 2. The summed E-state index contributed by atoms with van der Waals surface area (Å²) in [5, 5.41) is 0. The van der Waals surface area contributed by atoms with Crippen molar-refractivity contribution in [3.05, 3.63) is 47.8 Å². The third-order valence-electron chi connectivity index (χ3n) is 6.05. The highest BCUT2D eigenvalue weighted by Crippen LogP contribution is 2.39. The predicted molar refractivity (Wildman–Crippen MR) is 104 cm³/mol. The van der Waals surface area contributed by atoms with Gasteiger partial charge in [-0.15, -0.1) is 0 Å². The zero-order valence-corrected chi connectivity index (χ0v) is 16.6. The lowest BCUT2D eigenvalue weighted by Crippen LogP contribution is -2.55. The molecule has 2 aliphatic rings. The van der Waals surface area contributed by atoms with E-state index in [4.69, 9.17) is 0 Å². The smallest absolute Gasteiger partial charge is 0.270 e. The first-order chi connectivity index (χ1) is 13.5. The van der Waals surface area contributed by atoms with Crippen LogP contribution >= 0.6 is 0 Å². The van der Waals surface area contributed by atoms with Gasteiger partial charge in [-0.2, -0.15) is 0 Å². The first-order valence-corrected chi connectivity index (χ1v) is 9.92. The summed E-state index contributed by atoms with van der Waals surface area (Å²) in [4.78, 5) is 38.1. The first kappa shape index (κ1) is 18.7. The van der Waals surface area contributed by atoms with Crippen molar-refractivity contribution in [3.63, 3.8) is 0 Å². The van der Waals surface area contributed by atoms with E-state index in [0.29, 0.717) is 26.1 Å². The molecule has 2 saturated heterocycles. The van der Waals surface area contributed by atoms with Crippen molar-refractivity contribution in [3.8, 4) is 0 Å². The highest BCUT2D eigenvalue weighted by molar-refractivity contribution is 5.92. The van der Waals surface area contributed by atoms with Crippen molar-refractivity contribution in [1.29, 1.82) is 0 Å². The largest absolute Gasteiger partial charge is 0.347 e. The minimum absolute atomic E-state index is 0.0227. The van der Waals surface area contributed by atoms with Gasteiger partial charge in [0.25, 0.3) is 5.91 Å². The summed E-state index contributed by atoms with van der Waals surface area (Å²) in [5.74, 6) is 0.248. The van der Waals surface area contributed by atoms with Crippen LogP contribution < -0.4 is 0 Å². The summed E-state index contributed by atoms with van der Waals surface area (Å²) in [5.41, 5.74) is 2.37. The van der Waals surface area contributed by atoms with Gasteiger partial charge in [-0.25, -0.2) is 0 Å². The number of aryl methyl sites for hydroxylation is 2. The summed E-state index contributed by atoms with van der Waals surface area (Å²) < 4.78 is 1.87. The lowest BCUT2D eigenvalue weighted by molar-refractivity contribution is -0.139. The summed E-state index contributed by atoms with van der Waals surface area (Å²) in [6, 6.07) is 3.77. The Morgan fingerprint density at radius 3 is 2.79 bits per heavy atom. The van der Waals surface area contributed by atoms with Crippen LogP contribution in [0, 0.1) is 12.3 Å². The predicted octanol–water partition coefficient (Wildman–Crippen LogP) is 2.17. The third-order valence-corrected chi connectivity index (χ3v) is 6.05. The second-order valence-corrected chi connectivity index (χ2v) is 8.23. The number of nitrogens with zero attached hydrogens (tertiary/aromatic N) is 5. The number of carbonyl (C=O) groups excluding carboxylic acids is 2. The molecule has 1 atom stereocenters. The van der Waals surface area contributed by atoms with Crippen LogP contribution in [0.3, 0.4) is 0 Å². The Labute approximate surface area is 165 Å². The van der Waals surface area contributed by atoms with Gasteiger partial charge in [0.2, 0.25) is 5.91 Å². The minimum Gasteiger partial charge on any atom is -0.347 e. The molecule has 28 heavy (non-hydrogen) atoms. The maximum absolute atomic E-state index is 13.0. The number of carbonyl (C=O) groups is 2. The molecule has 0 saturated carbocycles. The van der Waals surface area contributed by atoms with Crippen LogP contribution in [0.15, 0.2) is 30.7 Å². The molecule has 2 aliphatic heterocycles. The van der Waals surface area contributed by atoms with E-state index in [1.807, 2.05) is 46.7 Å². The van der Waals surface area contributed by atoms with Crippen LogP contribution in [0.1, 0.15) is 47.6 Å². The average Bonchev–Trinajstić information content (AvgIpc) is 3.12. The molecule has 0 unspecified atom stereocenters. The van der Waals surface area contributed by atoms with E-state index in [9.17, 15) is 9.59 Å². The van der Waals surface area contributed by atoms with E-state index < -0.39 is 0 Å². The zero-order valence-electron chi connectivity index (χ0n) is 16.6. The van der Waals surface area contributed by atoms with Crippen LogP contribution in [0.25, 0.3) is 0 Å². The highest BCUT2D eigenvalue weighted by atomic mass is 16.2. The van der Waals surface area contributed by atoms with Crippen LogP contribution in [-0.2, 0) is 18.4 Å². The normalized spacial score (nSPS) is 22.7. The topological polar surface area (TPSA) is 71.3 Å². The monoisotopic (exact) mass is 381 g/mol. The Morgan fingerprint density at radius 2 is 2.07 bits per heavy atom. The van der Waals surface area contributed by atoms with Gasteiger partial charge in [0.15, 0.2) is 0 Å².